The van der Waals surface area contributed by atoms with Crippen LogP contribution < -0.4 is 4.74 Å². The molecule has 0 aliphatic carbocycles. The first-order valence-corrected chi connectivity index (χ1v) is 9.32. The van der Waals surface area contributed by atoms with Crippen molar-refractivity contribution in [2.45, 2.75) is 52.3 Å². The molecule has 2 heterocycles. The molecule has 1 amide bonds. The zero-order chi connectivity index (χ0) is 18.2. The monoisotopic (exact) mass is 405 g/mol. The number of fused-ring (bicyclic) bond motifs is 1. The van der Waals surface area contributed by atoms with Crippen LogP contribution in [0, 0.1) is 0 Å². The number of nitrogens with zero attached hydrogens (tertiary/aromatic N) is 3. The summed E-state index contributed by atoms with van der Waals surface area (Å²) in [5.74, 6) is 0.708. The zero-order valence-electron chi connectivity index (χ0n) is 15.1. The van der Waals surface area contributed by atoms with Crippen LogP contribution in [0.15, 0.2) is 34.9 Å². The van der Waals surface area contributed by atoms with E-state index in [1.165, 1.54) is 5.69 Å². The van der Waals surface area contributed by atoms with E-state index in [2.05, 4.69) is 46.5 Å². The van der Waals surface area contributed by atoms with Crippen molar-refractivity contribution < 1.29 is 9.53 Å². The number of hydrogen-bond donors (Lipinski definition) is 0. The summed E-state index contributed by atoms with van der Waals surface area (Å²) >= 11 is 3.40. The molecule has 0 fully saturated rings. The quantitative estimate of drug-likeness (QED) is 0.780. The van der Waals surface area contributed by atoms with Gasteiger partial charge in [0.25, 0.3) is 5.91 Å². The predicted molar refractivity (Wildman–Crippen MR) is 101 cm³/mol. The summed E-state index contributed by atoms with van der Waals surface area (Å²) in [5, 5.41) is 4.53. The maximum Gasteiger partial charge on any atom is 0.263 e. The van der Waals surface area contributed by atoms with Gasteiger partial charge >= 0.3 is 0 Å². The van der Waals surface area contributed by atoms with Crippen LogP contribution in [0.2, 0.25) is 0 Å². The molecule has 0 N–H and O–H groups in total. The molecule has 0 bridgehead atoms. The van der Waals surface area contributed by atoms with Crippen molar-refractivity contribution in [2.24, 2.45) is 0 Å². The highest BCUT2D eigenvalue weighted by Crippen LogP contribution is 2.25. The van der Waals surface area contributed by atoms with Gasteiger partial charge in [0, 0.05) is 35.2 Å². The Labute approximate surface area is 157 Å². The third kappa shape index (κ3) is 3.89. The van der Waals surface area contributed by atoms with E-state index in [9.17, 15) is 4.79 Å². The van der Waals surface area contributed by atoms with Gasteiger partial charge in [-0.3, -0.25) is 9.48 Å². The number of hydrogen-bond acceptors (Lipinski definition) is 3. The van der Waals surface area contributed by atoms with Crippen molar-refractivity contribution in [3.63, 3.8) is 0 Å². The number of carbonyl (C=O) groups is 1. The number of ether oxygens (including phenoxy) is 1. The van der Waals surface area contributed by atoms with Gasteiger partial charge < -0.3 is 9.64 Å². The Balaban J connectivity index is 1.68. The van der Waals surface area contributed by atoms with Crippen LogP contribution >= 0.6 is 15.9 Å². The highest BCUT2D eigenvalue weighted by molar-refractivity contribution is 9.10. The molecule has 1 aliphatic rings. The van der Waals surface area contributed by atoms with Gasteiger partial charge in [-0.25, -0.2) is 0 Å². The van der Waals surface area contributed by atoms with Crippen LogP contribution in [0.4, 0.5) is 0 Å². The molecule has 134 valence electrons. The lowest BCUT2D eigenvalue weighted by atomic mass is 10.0. The Bertz CT molecular complexity index is 762. The highest BCUT2D eigenvalue weighted by atomic mass is 79.9. The topological polar surface area (TPSA) is 47.4 Å². The molecule has 2 aromatic rings. The molecule has 1 aromatic carbocycles. The summed E-state index contributed by atoms with van der Waals surface area (Å²) in [6.45, 7) is 9.53. The molecule has 6 heteroatoms. The van der Waals surface area contributed by atoms with Crippen molar-refractivity contribution in [1.82, 2.24) is 14.7 Å². The van der Waals surface area contributed by atoms with E-state index < -0.39 is 6.10 Å². The van der Waals surface area contributed by atoms with Gasteiger partial charge in [-0.05, 0) is 52.0 Å². The van der Waals surface area contributed by atoms with E-state index in [0.29, 0.717) is 18.8 Å². The molecular weight excluding hydrogens is 382 g/mol. The minimum atomic E-state index is -0.514. The van der Waals surface area contributed by atoms with Gasteiger partial charge in [-0.1, -0.05) is 15.9 Å². The van der Waals surface area contributed by atoms with Crippen molar-refractivity contribution >= 4 is 21.8 Å². The van der Waals surface area contributed by atoms with Crippen molar-refractivity contribution in [1.29, 1.82) is 0 Å². The molecule has 1 unspecified atom stereocenters. The lowest BCUT2D eigenvalue weighted by Gasteiger charge is -2.31. The fourth-order valence-corrected chi connectivity index (χ4v) is 3.39. The maximum atomic E-state index is 12.7. The Morgan fingerprint density at radius 1 is 1.28 bits per heavy atom. The number of rotatable bonds is 3. The Kier molecular flexibility index (Phi) is 4.91. The highest BCUT2D eigenvalue weighted by Gasteiger charge is 2.30. The summed E-state index contributed by atoms with van der Waals surface area (Å²) < 4.78 is 8.86. The molecule has 1 atom stereocenters. The van der Waals surface area contributed by atoms with Gasteiger partial charge in [-0.15, -0.1) is 0 Å². The Morgan fingerprint density at radius 2 is 1.96 bits per heavy atom. The van der Waals surface area contributed by atoms with Crippen molar-refractivity contribution in [2.75, 3.05) is 6.54 Å². The number of amides is 1. The second-order valence-corrected chi connectivity index (χ2v) is 8.34. The molecule has 1 aliphatic heterocycles. The Morgan fingerprint density at radius 3 is 2.60 bits per heavy atom. The van der Waals surface area contributed by atoms with Crippen molar-refractivity contribution in [3.8, 4) is 5.75 Å². The number of carbonyl (C=O) groups excluding carboxylic acids is 1. The molecule has 0 spiro atoms. The fourth-order valence-electron chi connectivity index (χ4n) is 3.12. The van der Waals surface area contributed by atoms with Crippen LogP contribution in [0.25, 0.3) is 0 Å². The second-order valence-electron chi connectivity index (χ2n) is 7.42. The number of halogens is 1. The average Bonchev–Trinajstić information content (AvgIpc) is 2.99. The van der Waals surface area contributed by atoms with Crippen LogP contribution in [0.5, 0.6) is 5.75 Å². The van der Waals surface area contributed by atoms with Crippen LogP contribution in [-0.4, -0.2) is 33.2 Å². The summed E-state index contributed by atoms with van der Waals surface area (Å²) in [7, 11) is 0. The SMILES string of the molecule is CC(Oc1ccc(Br)cc1)C(=O)N1CCc2c(cnn2C(C)(C)C)C1. The molecule has 5 nitrogen and oxygen atoms in total. The number of benzene rings is 1. The molecule has 0 radical (unpaired) electrons. The molecular formula is C19H24BrN3O2. The largest absolute Gasteiger partial charge is 0.481 e. The van der Waals surface area contributed by atoms with E-state index in [1.54, 1.807) is 6.92 Å². The molecule has 25 heavy (non-hydrogen) atoms. The first-order valence-electron chi connectivity index (χ1n) is 8.53. The van der Waals surface area contributed by atoms with Crippen LogP contribution in [0.1, 0.15) is 39.0 Å². The first kappa shape index (κ1) is 18.0. The third-order valence-corrected chi connectivity index (χ3v) is 4.89. The maximum absolute atomic E-state index is 12.7. The first-order chi connectivity index (χ1) is 11.8. The molecule has 1 aromatic heterocycles. The third-order valence-electron chi connectivity index (χ3n) is 4.36. The second kappa shape index (κ2) is 6.83. The van der Waals surface area contributed by atoms with Crippen molar-refractivity contribution in [3.05, 3.63) is 46.2 Å². The lowest BCUT2D eigenvalue weighted by molar-refractivity contribution is -0.138. The molecule has 3 rings (SSSR count). The summed E-state index contributed by atoms with van der Waals surface area (Å²) in [6.07, 6.45) is 2.20. The minimum absolute atomic E-state index is 0.0112. The van der Waals surface area contributed by atoms with Gasteiger partial charge in [-0.2, -0.15) is 5.10 Å². The predicted octanol–water partition coefficient (Wildman–Crippen LogP) is 3.75. The van der Waals surface area contributed by atoms with E-state index in [-0.39, 0.29) is 11.4 Å². The normalized spacial score (nSPS) is 15.6. The standard InChI is InChI=1S/C19H24BrN3O2/c1-13(25-16-7-5-15(20)6-8-16)18(24)22-10-9-17-14(12-22)11-21-23(17)19(2,3)4/h5-8,11,13H,9-10,12H2,1-4H3. The summed E-state index contributed by atoms with van der Waals surface area (Å²) in [6, 6.07) is 7.52. The van der Waals surface area contributed by atoms with Gasteiger partial charge in [0.1, 0.15) is 5.75 Å². The van der Waals surface area contributed by atoms with E-state index in [4.69, 9.17) is 4.74 Å². The van der Waals surface area contributed by atoms with Crippen LogP contribution in [-0.2, 0) is 23.3 Å². The Hall–Kier alpha value is -1.82. The van der Waals surface area contributed by atoms with Gasteiger partial charge in [0.2, 0.25) is 0 Å². The summed E-state index contributed by atoms with van der Waals surface area (Å²) in [4.78, 5) is 14.6. The van der Waals surface area contributed by atoms with E-state index in [0.717, 1.165) is 16.5 Å². The average molecular weight is 406 g/mol. The van der Waals surface area contributed by atoms with E-state index in [1.807, 2.05) is 35.4 Å². The lowest BCUT2D eigenvalue weighted by Crippen LogP contribution is -2.43. The van der Waals surface area contributed by atoms with Gasteiger partial charge in [0.15, 0.2) is 6.10 Å². The molecule has 0 saturated heterocycles. The fraction of sp³-hybridized carbons (Fsp3) is 0.474. The smallest absolute Gasteiger partial charge is 0.263 e. The minimum Gasteiger partial charge on any atom is -0.481 e. The molecule has 0 saturated carbocycles. The summed E-state index contributed by atoms with van der Waals surface area (Å²) in [5.41, 5.74) is 2.32. The number of aromatic nitrogens is 2. The van der Waals surface area contributed by atoms with Gasteiger partial charge in [0.05, 0.1) is 11.7 Å². The van der Waals surface area contributed by atoms with Crippen LogP contribution in [0.3, 0.4) is 0 Å². The van der Waals surface area contributed by atoms with E-state index >= 15 is 0 Å². The zero-order valence-corrected chi connectivity index (χ0v) is 16.7.